The maximum absolute atomic E-state index is 12.7. The molecule has 2 aromatic carbocycles. The van der Waals surface area contributed by atoms with Crippen molar-refractivity contribution in [2.45, 2.75) is 40.2 Å². The predicted molar refractivity (Wildman–Crippen MR) is 119 cm³/mol. The minimum atomic E-state index is -0.194. The summed E-state index contributed by atoms with van der Waals surface area (Å²) >= 11 is 0. The molecular weight excluding hydrogens is 376 g/mol. The molecule has 1 unspecified atom stereocenters. The minimum Gasteiger partial charge on any atom is -0.457 e. The Morgan fingerprint density at radius 1 is 1.03 bits per heavy atom. The second kappa shape index (κ2) is 10.0. The van der Waals surface area contributed by atoms with E-state index >= 15 is 0 Å². The van der Waals surface area contributed by atoms with Crippen LogP contribution in [-0.4, -0.2) is 17.5 Å². The van der Waals surface area contributed by atoms with Gasteiger partial charge in [0.15, 0.2) is 0 Å². The number of hydrogen-bond acceptors (Lipinski definition) is 4. The van der Waals surface area contributed by atoms with E-state index in [4.69, 9.17) is 9.47 Å². The lowest BCUT2D eigenvalue weighted by Gasteiger charge is -2.14. The molecule has 5 nitrogen and oxygen atoms in total. The van der Waals surface area contributed by atoms with Gasteiger partial charge in [0.1, 0.15) is 11.5 Å². The number of nitrogens with zero attached hydrogens (tertiary/aromatic N) is 1. The van der Waals surface area contributed by atoms with Crippen LogP contribution in [0.5, 0.6) is 11.5 Å². The number of rotatable bonds is 8. The summed E-state index contributed by atoms with van der Waals surface area (Å²) in [7, 11) is 0. The molecule has 0 radical (unpaired) electrons. The van der Waals surface area contributed by atoms with Crippen molar-refractivity contribution in [3.63, 3.8) is 0 Å². The fraction of sp³-hybridized carbons (Fsp3) is 0.280. The average molecular weight is 405 g/mol. The van der Waals surface area contributed by atoms with E-state index in [1.165, 1.54) is 0 Å². The van der Waals surface area contributed by atoms with Gasteiger partial charge < -0.3 is 14.8 Å². The van der Waals surface area contributed by atoms with E-state index in [1.54, 1.807) is 6.07 Å². The zero-order valence-electron chi connectivity index (χ0n) is 17.9. The van der Waals surface area contributed by atoms with Gasteiger partial charge in [-0.3, -0.25) is 9.78 Å². The molecule has 1 aromatic heterocycles. The molecule has 1 amide bonds. The first-order valence-corrected chi connectivity index (χ1v) is 10.3. The Balaban J connectivity index is 1.67. The van der Waals surface area contributed by atoms with Gasteiger partial charge in [-0.05, 0) is 75.2 Å². The van der Waals surface area contributed by atoms with Crippen molar-refractivity contribution < 1.29 is 14.3 Å². The van der Waals surface area contributed by atoms with Crippen LogP contribution >= 0.6 is 0 Å². The van der Waals surface area contributed by atoms with Gasteiger partial charge in [0, 0.05) is 12.3 Å². The molecule has 0 fully saturated rings. The smallest absolute Gasteiger partial charge is 0.257 e. The predicted octanol–water partition coefficient (Wildman–Crippen LogP) is 6.09. The normalized spacial score (nSPS) is 11.7. The van der Waals surface area contributed by atoms with E-state index in [2.05, 4.69) is 23.3 Å². The number of anilines is 1. The minimum absolute atomic E-state index is 0.101. The van der Waals surface area contributed by atoms with Crippen LogP contribution in [0.25, 0.3) is 0 Å². The summed E-state index contributed by atoms with van der Waals surface area (Å²) < 4.78 is 11.6. The van der Waals surface area contributed by atoms with Crippen LogP contribution in [0.4, 0.5) is 5.69 Å². The van der Waals surface area contributed by atoms with Crippen LogP contribution in [0.15, 0.2) is 60.7 Å². The Bertz CT molecular complexity index is 1000. The Morgan fingerprint density at radius 2 is 1.77 bits per heavy atom. The number of nitrogens with one attached hydrogen (secondary N) is 1. The quantitative estimate of drug-likeness (QED) is 0.493. The van der Waals surface area contributed by atoms with E-state index in [9.17, 15) is 4.79 Å². The van der Waals surface area contributed by atoms with Gasteiger partial charge >= 0.3 is 0 Å². The number of ether oxygens (including phenoxy) is 2. The number of carbonyl (C=O) groups excluding carboxylic acids is 1. The summed E-state index contributed by atoms with van der Waals surface area (Å²) in [5.41, 5.74) is 3.88. The number of carbonyl (C=O) groups is 1. The summed E-state index contributed by atoms with van der Waals surface area (Å²) in [4.78, 5) is 17.2. The fourth-order valence-corrected chi connectivity index (χ4v) is 3.21. The molecule has 1 atom stereocenters. The number of para-hydroxylation sites is 1. The molecule has 0 aliphatic heterocycles. The van der Waals surface area contributed by atoms with Crippen LogP contribution in [0.2, 0.25) is 0 Å². The molecule has 0 bridgehead atoms. The lowest BCUT2D eigenvalue weighted by molar-refractivity contribution is 0.0732. The molecule has 0 aliphatic carbocycles. The summed E-state index contributed by atoms with van der Waals surface area (Å²) in [6.45, 7) is 8.45. The van der Waals surface area contributed by atoms with Crippen molar-refractivity contribution in [2.75, 3.05) is 11.9 Å². The molecule has 5 heteroatoms. The number of benzene rings is 2. The maximum Gasteiger partial charge on any atom is 0.257 e. The van der Waals surface area contributed by atoms with Gasteiger partial charge in [0.05, 0.1) is 23.1 Å². The topological polar surface area (TPSA) is 60.5 Å². The van der Waals surface area contributed by atoms with E-state index in [0.29, 0.717) is 23.6 Å². The Hall–Kier alpha value is -3.18. The number of hydrogen-bond donors (Lipinski definition) is 1. The molecule has 30 heavy (non-hydrogen) atoms. The molecule has 0 saturated carbocycles. The van der Waals surface area contributed by atoms with Crippen LogP contribution in [-0.2, 0) is 11.2 Å². The zero-order valence-corrected chi connectivity index (χ0v) is 17.9. The average Bonchev–Trinajstić information content (AvgIpc) is 2.75. The van der Waals surface area contributed by atoms with E-state index in [1.807, 2.05) is 69.3 Å². The third-order valence-corrected chi connectivity index (χ3v) is 4.88. The first-order chi connectivity index (χ1) is 14.5. The third-order valence-electron chi connectivity index (χ3n) is 4.88. The molecule has 3 rings (SSSR count). The Kier molecular flexibility index (Phi) is 7.20. The van der Waals surface area contributed by atoms with Gasteiger partial charge in [-0.1, -0.05) is 25.1 Å². The molecule has 3 aromatic rings. The maximum atomic E-state index is 12.7. The van der Waals surface area contributed by atoms with Crippen LogP contribution < -0.4 is 10.1 Å². The second-order valence-electron chi connectivity index (χ2n) is 7.01. The van der Waals surface area contributed by atoms with Crippen LogP contribution in [0.3, 0.4) is 0 Å². The van der Waals surface area contributed by atoms with E-state index in [-0.39, 0.29) is 12.0 Å². The van der Waals surface area contributed by atoms with Crippen molar-refractivity contribution >= 4 is 11.6 Å². The monoisotopic (exact) mass is 404 g/mol. The number of aryl methyl sites for hydroxylation is 2. The highest BCUT2D eigenvalue weighted by molar-refractivity contribution is 6.05. The molecule has 0 saturated heterocycles. The second-order valence-corrected chi connectivity index (χ2v) is 7.01. The van der Waals surface area contributed by atoms with Crippen molar-refractivity contribution in [3.05, 3.63) is 83.2 Å². The highest BCUT2D eigenvalue weighted by Crippen LogP contribution is 2.27. The lowest BCUT2D eigenvalue weighted by Crippen LogP contribution is -2.15. The lowest BCUT2D eigenvalue weighted by atomic mass is 10.1. The van der Waals surface area contributed by atoms with Crippen LogP contribution in [0, 0.1) is 6.92 Å². The summed E-state index contributed by atoms with van der Waals surface area (Å²) in [5.74, 6) is 1.38. The van der Waals surface area contributed by atoms with Gasteiger partial charge in [-0.15, -0.1) is 0 Å². The van der Waals surface area contributed by atoms with Gasteiger partial charge in [-0.2, -0.15) is 0 Å². The number of aromatic nitrogens is 1. The van der Waals surface area contributed by atoms with Crippen LogP contribution in [0.1, 0.15) is 54.2 Å². The summed E-state index contributed by atoms with van der Waals surface area (Å²) in [5, 5.41) is 2.92. The molecule has 1 heterocycles. The molecular formula is C25H28N2O3. The van der Waals surface area contributed by atoms with Crippen molar-refractivity contribution in [2.24, 2.45) is 0 Å². The Morgan fingerprint density at radius 3 is 2.43 bits per heavy atom. The first-order valence-electron chi connectivity index (χ1n) is 10.3. The van der Waals surface area contributed by atoms with Crippen molar-refractivity contribution in [1.82, 2.24) is 4.98 Å². The van der Waals surface area contributed by atoms with Gasteiger partial charge in [0.2, 0.25) is 0 Å². The number of pyridine rings is 1. The first kappa shape index (κ1) is 21.5. The zero-order chi connectivity index (χ0) is 21.5. The van der Waals surface area contributed by atoms with Gasteiger partial charge in [-0.25, -0.2) is 0 Å². The molecule has 156 valence electrons. The largest absolute Gasteiger partial charge is 0.457 e. The molecule has 0 aliphatic rings. The van der Waals surface area contributed by atoms with Gasteiger partial charge in [0.25, 0.3) is 5.91 Å². The third kappa shape index (κ3) is 5.24. The molecule has 0 spiro atoms. The standard InChI is InChI=1S/C25H28N2O3/c1-5-19-9-7-8-10-24(19)30-21-13-11-20(12-14-21)27-25(28)22-15-16-23(26-17(22)3)18(4)29-6-2/h7-16,18H,5-6H2,1-4H3,(H,27,28). The Labute approximate surface area is 178 Å². The fourth-order valence-electron chi connectivity index (χ4n) is 3.21. The highest BCUT2D eigenvalue weighted by atomic mass is 16.5. The van der Waals surface area contributed by atoms with Crippen molar-refractivity contribution in [1.29, 1.82) is 0 Å². The highest BCUT2D eigenvalue weighted by Gasteiger charge is 2.14. The van der Waals surface area contributed by atoms with E-state index in [0.717, 1.165) is 29.2 Å². The molecule has 1 N–H and O–H groups in total. The van der Waals surface area contributed by atoms with Crippen molar-refractivity contribution in [3.8, 4) is 11.5 Å². The number of amides is 1. The SMILES string of the molecule is CCOC(C)c1ccc(C(=O)Nc2ccc(Oc3ccccc3CC)cc2)c(C)n1. The summed E-state index contributed by atoms with van der Waals surface area (Å²) in [6.07, 6.45) is 0.802. The summed E-state index contributed by atoms with van der Waals surface area (Å²) in [6, 6.07) is 19.0. The van der Waals surface area contributed by atoms with E-state index < -0.39 is 0 Å².